The third-order valence-corrected chi connectivity index (χ3v) is 3.97. The summed E-state index contributed by atoms with van der Waals surface area (Å²) in [5.41, 5.74) is 0. The first kappa shape index (κ1) is 10.3. The number of aromatic nitrogens is 2. The van der Waals surface area contributed by atoms with Gasteiger partial charge in [-0.2, -0.15) is 8.42 Å². The van der Waals surface area contributed by atoms with Gasteiger partial charge in [0.2, 0.25) is 5.89 Å². The lowest BCUT2D eigenvalue weighted by Crippen LogP contribution is -1.92. The summed E-state index contributed by atoms with van der Waals surface area (Å²) in [6.45, 7) is 1.63. The highest BCUT2D eigenvalue weighted by Gasteiger charge is 2.16. The molecule has 0 bridgehead atoms. The minimum Gasteiger partial charge on any atom is -0.420 e. The molecule has 0 saturated carbocycles. The SMILES string of the molecule is Cc1nnc(-c2ccc(S(=O)(=O)O)s2)o1. The zero-order chi connectivity index (χ0) is 11.1. The zero-order valence-electron chi connectivity index (χ0n) is 7.54. The number of rotatable bonds is 2. The van der Waals surface area contributed by atoms with Crippen molar-refractivity contribution in [3.8, 4) is 10.8 Å². The van der Waals surface area contributed by atoms with Crippen molar-refractivity contribution in [1.29, 1.82) is 0 Å². The monoisotopic (exact) mass is 246 g/mol. The van der Waals surface area contributed by atoms with E-state index in [1.54, 1.807) is 6.92 Å². The van der Waals surface area contributed by atoms with Gasteiger partial charge in [-0.3, -0.25) is 4.55 Å². The highest BCUT2D eigenvalue weighted by atomic mass is 32.3. The van der Waals surface area contributed by atoms with Crippen LogP contribution in [-0.2, 0) is 10.1 Å². The number of hydrogen-bond acceptors (Lipinski definition) is 6. The van der Waals surface area contributed by atoms with E-state index < -0.39 is 10.1 Å². The van der Waals surface area contributed by atoms with Crippen LogP contribution in [0.5, 0.6) is 0 Å². The van der Waals surface area contributed by atoms with E-state index in [2.05, 4.69) is 10.2 Å². The van der Waals surface area contributed by atoms with Crippen LogP contribution in [-0.4, -0.2) is 23.2 Å². The molecule has 2 aromatic heterocycles. The van der Waals surface area contributed by atoms with Crippen LogP contribution < -0.4 is 0 Å². The Morgan fingerprint density at radius 2 is 2.13 bits per heavy atom. The van der Waals surface area contributed by atoms with Crippen molar-refractivity contribution in [3.05, 3.63) is 18.0 Å². The van der Waals surface area contributed by atoms with E-state index in [9.17, 15) is 8.42 Å². The predicted molar refractivity (Wildman–Crippen MR) is 52.2 cm³/mol. The van der Waals surface area contributed by atoms with Crippen LogP contribution in [0.3, 0.4) is 0 Å². The molecule has 0 unspecified atom stereocenters. The van der Waals surface area contributed by atoms with Gasteiger partial charge in [-0.25, -0.2) is 0 Å². The van der Waals surface area contributed by atoms with Gasteiger partial charge in [0.05, 0.1) is 4.88 Å². The van der Waals surface area contributed by atoms with Gasteiger partial charge in [0.15, 0.2) is 0 Å². The van der Waals surface area contributed by atoms with Crippen molar-refractivity contribution in [1.82, 2.24) is 10.2 Å². The summed E-state index contributed by atoms with van der Waals surface area (Å²) in [7, 11) is -4.15. The van der Waals surface area contributed by atoms with Crippen molar-refractivity contribution >= 4 is 21.5 Å². The van der Waals surface area contributed by atoms with Gasteiger partial charge in [-0.1, -0.05) is 0 Å². The van der Waals surface area contributed by atoms with Crippen molar-refractivity contribution < 1.29 is 17.4 Å². The third-order valence-electron chi connectivity index (χ3n) is 1.57. The Morgan fingerprint density at radius 1 is 1.40 bits per heavy atom. The van der Waals surface area contributed by atoms with E-state index in [1.165, 1.54) is 12.1 Å². The van der Waals surface area contributed by atoms with Crippen molar-refractivity contribution in [3.63, 3.8) is 0 Å². The van der Waals surface area contributed by atoms with Gasteiger partial charge in [0, 0.05) is 6.92 Å². The van der Waals surface area contributed by atoms with Crippen LogP contribution in [0.15, 0.2) is 20.8 Å². The quantitative estimate of drug-likeness (QED) is 0.804. The van der Waals surface area contributed by atoms with Crippen LogP contribution in [0.1, 0.15) is 5.89 Å². The van der Waals surface area contributed by atoms with Crippen molar-refractivity contribution in [2.45, 2.75) is 11.1 Å². The fourth-order valence-corrected chi connectivity index (χ4v) is 2.56. The molecule has 2 heterocycles. The summed E-state index contributed by atoms with van der Waals surface area (Å²) in [4.78, 5) is 0.503. The molecule has 0 amide bonds. The van der Waals surface area contributed by atoms with Crippen molar-refractivity contribution in [2.24, 2.45) is 0 Å². The summed E-state index contributed by atoms with van der Waals surface area (Å²) in [6.07, 6.45) is 0. The summed E-state index contributed by atoms with van der Waals surface area (Å²) in [5.74, 6) is 0.638. The highest BCUT2D eigenvalue weighted by Crippen LogP contribution is 2.29. The van der Waals surface area contributed by atoms with Gasteiger partial charge in [0.25, 0.3) is 5.89 Å². The fourth-order valence-electron chi connectivity index (χ4n) is 0.970. The third kappa shape index (κ3) is 2.06. The summed E-state index contributed by atoms with van der Waals surface area (Å²) >= 11 is 0.872. The van der Waals surface area contributed by atoms with Crippen LogP contribution in [0.4, 0.5) is 0 Å². The highest BCUT2D eigenvalue weighted by molar-refractivity contribution is 7.88. The molecule has 0 radical (unpaired) electrons. The largest absolute Gasteiger partial charge is 0.420 e. The Hall–Kier alpha value is -1.25. The second-order valence-corrected chi connectivity index (χ2v) is 5.45. The first-order valence-corrected chi connectivity index (χ1v) is 6.10. The van der Waals surface area contributed by atoms with Gasteiger partial charge in [-0.05, 0) is 12.1 Å². The predicted octanol–water partition coefficient (Wildman–Crippen LogP) is 1.35. The smallest absolute Gasteiger partial charge is 0.304 e. The molecule has 0 atom stereocenters. The maximum atomic E-state index is 10.8. The summed E-state index contributed by atoms with van der Waals surface area (Å²) in [6, 6.07) is 2.79. The Morgan fingerprint density at radius 3 is 2.60 bits per heavy atom. The van der Waals surface area contributed by atoms with E-state index in [-0.39, 0.29) is 10.1 Å². The minimum absolute atomic E-state index is 0.145. The van der Waals surface area contributed by atoms with E-state index >= 15 is 0 Å². The average Bonchev–Trinajstić information content (AvgIpc) is 2.69. The lowest BCUT2D eigenvalue weighted by atomic mass is 10.5. The lowest BCUT2D eigenvalue weighted by Gasteiger charge is -1.87. The second kappa shape index (κ2) is 3.40. The Bertz CT molecular complexity index is 584. The molecule has 0 aliphatic carbocycles. The molecule has 0 fully saturated rings. The van der Waals surface area contributed by atoms with Gasteiger partial charge in [0.1, 0.15) is 4.21 Å². The number of thiophene rings is 1. The average molecular weight is 246 g/mol. The number of nitrogens with zero attached hydrogens (tertiary/aromatic N) is 2. The van der Waals surface area contributed by atoms with E-state index in [1.807, 2.05) is 0 Å². The maximum Gasteiger partial charge on any atom is 0.304 e. The molecule has 2 rings (SSSR count). The number of hydrogen-bond donors (Lipinski definition) is 1. The molecule has 0 aromatic carbocycles. The van der Waals surface area contributed by atoms with Gasteiger partial charge >= 0.3 is 10.1 Å². The second-order valence-electron chi connectivity index (χ2n) is 2.72. The van der Waals surface area contributed by atoms with Crippen LogP contribution >= 0.6 is 11.3 Å². The molecule has 8 heteroatoms. The van der Waals surface area contributed by atoms with Crippen LogP contribution in [0.25, 0.3) is 10.8 Å². The molecule has 0 spiro atoms. The van der Waals surface area contributed by atoms with Gasteiger partial charge in [-0.15, -0.1) is 21.5 Å². The topological polar surface area (TPSA) is 93.3 Å². The van der Waals surface area contributed by atoms with Crippen LogP contribution in [0, 0.1) is 6.92 Å². The molecule has 15 heavy (non-hydrogen) atoms. The summed E-state index contributed by atoms with van der Waals surface area (Å²) in [5, 5.41) is 7.34. The zero-order valence-corrected chi connectivity index (χ0v) is 9.17. The molecule has 0 saturated heterocycles. The Labute approximate surface area is 89.3 Å². The normalized spacial score (nSPS) is 11.9. The Kier molecular flexibility index (Phi) is 2.33. The molecule has 2 aromatic rings. The fraction of sp³-hybridized carbons (Fsp3) is 0.143. The molecule has 80 valence electrons. The van der Waals surface area contributed by atoms with Gasteiger partial charge < -0.3 is 4.42 Å². The van der Waals surface area contributed by atoms with Crippen LogP contribution in [0.2, 0.25) is 0 Å². The van der Waals surface area contributed by atoms with E-state index in [0.717, 1.165) is 11.3 Å². The molecule has 6 nitrogen and oxygen atoms in total. The minimum atomic E-state index is -4.15. The first-order chi connectivity index (χ1) is 6.97. The molecule has 1 N–H and O–H groups in total. The lowest BCUT2D eigenvalue weighted by molar-refractivity contribution is 0.485. The van der Waals surface area contributed by atoms with E-state index in [0.29, 0.717) is 10.8 Å². The molecule has 0 aliphatic heterocycles. The molecular formula is C7H6N2O4S2. The van der Waals surface area contributed by atoms with Crippen molar-refractivity contribution in [2.75, 3.05) is 0 Å². The summed E-state index contributed by atoms with van der Waals surface area (Å²) < 4.78 is 35.3. The number of aryl methyl sites for hydroxylation is 1. The standard InChI is InChI=1S/C7H6N2O4S2/c1-4-8-9-7(13-4)5-2-3-6(14-5)15(10,11)12/h2-3H,1H3,(H,10,11,12). The molecular weight excluding hydrogens is 240 g/mol. The molecule has 0 aliphatic rings. The first-order valence-electron chi connectivity index (χ1n) is 3.84. The maximum absolute atomic E-state index is 10.8. The van der Waals surface area contributed by atoms with E-state index in [4.69, 9.17) is 8.97 Å². The Balaban J connectivity index is 2.44.